The van der Waals surface area contributed by atoms with Crippen molar-refractivity contribution in [2.75, 3.05) is 45.3 Å². The average Bonchev–Trinajstić information content (AvgIpc) is 2.66. The van der Waals surface area contributed by atoms with Crippen LogP contribution in [0.25, 0.3) is 0 Å². The summed E-state index contributed by atoms with van der Waals surface area (Å²) >= 11 is 1.35. The van der Waals surface area contributed by atoms with Crippen LogP contribution in [-0.2, 0) is 23.9 Å². The lowest BCUT2D eigenvalue weighted by atomic mass is 10.1. The minimum atomic E-state index is -0.530. The first-order chi connectivity index (χ1) is 13.8. The molecule has 0 fully saturated rings. The molecule has 8 heteroatoms. The highest BCUT2D eigenvalue weighted by molar-refractivity contribution is 8.00. The van der Waals surface area contributed by atoms with Gasteiger partial charge in [-0.15, -0.1) is 11.8 Å². The van der Waals surface area contributed by atoms with Crippen LogP contribution >= 0.6 is 11.8 Å². The van der Waals surface area contributed by atoms with Gasteiger partial charge in [0.05, 0.1) is 18.5 Å². The Labute approximate surface area is 180 Å². The minimum Gasteiger partial charge on any atom is -0.380 e. The molecular weight excluding hydrogens is 392 g/mol. The maximum Gasteiger partial charge on any atom is 0.233 e. The van der Waals surface area contributed by atoms with Gasteiger partial charge < -0.3 is 20.1 Å². The molecule has 1 unspecified atom stereocenters. The number of ether oxygens (including phenoxy) is 2. The number of rotatable bonds is 18. The highest BCUT2D eigenvalue weighted by atomic mass is 32.2. The van der Waals surface area contributed by atoms with Crippen molar-refractivity contribution in [3.63, 3.8) is 0 Å². The van der Waals surface area contributed by atoms with Gasteiger partial charge in [0.25, 0.3) is 0 Å². The van der Waals surface area contributed by atoms with E-state index in [-0.39, 0.29) is 29.9 Å². The summed E-state index contributed by atoms with van der Waals surface area (Å²) in [5, 5.41) is 5.09. The molecular formula is C21H40N2O5S. The molecule has 2 N–H and O–H groups in total. The van der Waals surface area contributed by atoms with Crippen molar-refractivity contribution in [2.24, 2.45) is 11.8 Å². The molecule has 0 bridgehead atoms. The van der Waals surface area contributed by atoms with Gasteiger partial charge in [-0.3, -0.25) is 14.4 Å². The van der Waals surface area contributed by atoms with Gasteiger partial charge in [0, 0.05) is 50.8 Å². The van der Waals surface area contributed by atoms with Crippen LogP contribution in [0.2, 0.25) is 0 Å². The van der Waals surface area contributed by atoms with E-state index in [1.54, 1.807) is 0 Å². The lowest BCUT2D eigenvalue weighted by Gasteiger charge is -2.17. The zero-order valence-corrected chi connectivity index (χ0v) is 19.6. The molecule has 1 atom stereocenters. The SMILES string of the molecule is CCCOCCNC(=O)C(CC(=O)NCCOCC(C)C)SCCC(=O)C(C)C. The lowest BCUT2D eigenvalue weighted by Crippen LogP contribution is -2.39. The number of ketones is 1. The largest absolute Gasteiger partial charge is 0.380 e. The third-order valence-corrected chi connectivity index (χ3v) is 5.11. The van der Waals surface area contributed by atoms with Crippen molar-refractivity contribution in [2.45, 2.75) is 59.1 Å². The second-order valence-electron chi connectivity index (χ2n) is 7.66. The monoisotopic (exact) mass is 432 g/mol. The number of nitrogens with one attached hydrogen (secondary N) is 2. The fourth-order valence-electron chi connectivity index (χ4n) is 2.25. The number of carbonyl (C=O) groups is 3. The second-order valence-corrected chi connectivity index (χ2v) is 8.97. The first kappa shape index (κ1) is 27.9. The molecule has 170 valence electrons. The van der Waals surface area contributed by atoms with E-state index < -0.39 is 5.25 Å². The highest BCUT2D eigenvalue weighted by Gasteiger charge is 2.22. The molecule has 0 saturated heterocycles. The number of thioether (sulfide) groups is 1. The molecule has 0 aromatic rings. The molecule has 29 heavy (non-hydrogen) atoms. The molecule has 0 aliphatic heterocycles. The summed E-state index contributed by atoms with van der Waals surface area (Å²) in [5.41, 5.74) is 0. The van der Waals surface area contributed by atoms with Crippen LogP contribution in [0.1, 0.15) is 53.9 Å². The van der Waals surface area contributed by atoms with Crippen molar-refractivity contribution in [3.8, 4) is 0 Å². The van der Waals surface area contributed by atoms with Crippen LogP contribution in [0.15, 0.2) is 0 Å². The number of amides is 2. The van der Waals surface area contributed by atoms with E-state index in [0.29, 0.717) is 57.6 Å². The summed E-state index contributed by atoms with van der Waals surface area (Å²) in [7, 11) is 0. The first-order valence-electron chi connectivity index (χ1n) is 10.6. The van der Waals surface area contributed by atoms with E-state index >= 15 is 0 Å². The summed E-state index contributed by atoms with van der Waals surface area (Å²) in [6, 6.07) is 0. The zero-order chi connectivity index (χ0) is 22.1. The normalized spacial score (nSPS) is 12.2. The topological polar surface area (TPSA) is 93.7 Å². The Morgan fingerprint density at radius 1 is 0.931 bits per heavy atom. The van der Waals surface area contributed by atoms with Crippen molar-refractivity contribution < 1.29 is 23.9 Å². The van der Waals surface area contributed by atoms with Gasteiger partial charge in [-0.05, 0) is 12.3 Å². The molecule has 0 rings (SSSR count). The molecule has 0 aromatic carbocycles. The summed E-state index contributed by atoms with van der Waals surface area (Å²) < 4.78 is 10.8. The smallest absolute Gasteiger partial charge is 0.233 e. The predicted molar refractivity (Wildman–Crippen MR) is 118 cm³/mol. The van der Waals surface area contributed by atoms with Gasteiger partial charge in [-0.2, -0.15) is 0 Å². The summed E-state index contributed by atoms with van der Waals surface area (Å²) in [6.45, 7) is 12.9. The molecule has 0 spiro atoms. The third kappa shape index (κ3) is 16.4. The Kier molecular flexibility index (Phi) is 17.0. The van der Waals surface area contributed by atoms with Crippen molar-refractivity contribution in [1.82, 2.24) is 10.6 Å². The molecule has 0 heterocycles. The molecule has 0 saturated carbocycles. The Morgan fingerprint density at radius 2 is 1.59 bits per heavy atom. The van der Waals surface area contributed by atoms with Gasteiger partial charge in [-0.25, -0.2) is 0 Å². The van der Waals surface area contributed by atoms with E-state index in [9.17, 15) is 14.4 Å². The van der Waals surface area contributed by atoms with Gasteiger partial charge in [0.2, 0.25) is 11.8 Å². The standard InChI is InChI=1S/C21H40N2O5S/c1-6-10-27-11-9-23-21(26)19(29-13-7-18(24)17(4)5)14-20(25)22-8-12-28-15-16(2)3/h16-17,19H,6-15H2,1-5H3,(H,22,25)(H,23,26). The zero-order valence-electron chi connectivity index (χ0n) is 18.8. The van der Waals surface area contributed by atoms with Gasteiger partial charge >= 0.3 is 0 Å². The van der Waals surface area contributed by atoms with Crippen LogP contribution in [-0.4, -0.2) is 68.1 Å². The van der Waals surface area contributed by atoms with Crippen LogP contribution in [0.5, 0.6) is 0 Å². The number of carbonyl (C=O) groups excluding carboxylic acids is 3. The molecule has 7 nitrogen and oxygen atoms in total. The van der Waals surface area contributed by atoms with Gasteiger partial charge in [-0.1, -0.05) is 34.6 Å². The molecule has 0 aromatic heterocycles. The molecule has 0 radical (unpaired) electrons. The number of hydrogen-bond donors (Lipinski definition) is 2. The van der Waals surface area contributed by atoms with Crippen LogP contribution in [0.4, 0.5) is 0 Å². The molecule has 0 aliphatic carbocycles. The van der Waals surface area contributed by atoms with E-state index in [0.717, 1.165) is 6.42 Å². The molecule has 2 amide bonds. The fourth-order valence-corrected chi connectivity index (χ4v) is 3.35. The first-order valence-corrected chi connectivity index (χ1v) is 11.7. The quantitative estimate of drug-likeness (QED) is 0.323. The van der Waals surface area contributed by atoms with E-state index in [1.165, 1.54) is 11.8 Å². The third-order valence-electron chi connectivity index (χ3n) is 3.89. The highest BCUT2D eigenvalue weighted by Crippen LogP contribution is 2.17. The van der Waals surface area contributed by atoms with Crippen molar-refractivity contribution in [3.05, 3.63) is 0 Å². The van der Waals surface area contributed by atoms with E-state index in [2.05, 4.69) is 24.5 Å². The second kappa shape index (κ2) is 17.7. The van der Waals surface area contributed by atoms with Gasteiger partial charge in [0.15, 0.2) is 0 Å². The van der Waals surface area contributed by atoms with Crippen LogP contribution in [0.3, 0.4) is 0 Å². The van der Waals surface area contributed by atoms with E-state index in [1.807, 2.05) is 20.8 Å². The number of hydrogen-bond acceptors (Lipinski definition) is 6. The lowest BCUT2D eigenvalue weighted by molar-refractivity contribution is -0.126. The Hall–Kier alpha value is -1.12. The average molecular weight is 433 g/mol. The van der Waals surface area contributed by atoms with Crippen molar-refractivity contribution in [1.29, 1.82) is 0 Å². The Bertz CT molecular complexity index is 472. The summed E-state index contributed by atoms with van der Waals surface area (Å²) in [5.74, 6) is 0.724. The Balaban J connectivity index is 4.42. The Morgan fingerprint density at radius 3 is 2.21 bits per heavy atom. The van der Waals surface area contributed by atoms with Crippen LogP contribution in [0, 0.1) is 11.8 Å². The van der Waals surface area contributed by atoms with Gasteiger partial charge in [0.1, 0.15) is 5.78 Å². The van der Waals surface area contributed by atoms with Crippen LogP contribution < -0.4 is 10.6 Å². The number of Topliss-reactive ketones (excluding diaryl/α,β-unsaturated/α-hetero) is 1. The van der Waals surface area contributed by atoms with Crippen molar-refractivity contribution >= 4 is 29.4 Å². The maximum absolute atomic E-state index is 12.5. The predicted octanol–water partition coefficient (Wildman–Crippen LogP) is 2.43. The molecule has 0 aliphatic rings. The summed E-state index contributed by atoms with van der Waals surface area (Å²) in [6.07, 6.45) is 1.40. The minimum absolute atomic E-state index is 0.0206. The maximum atomic E-state index is 12.5. The fraction of sp³-hybridized carbons (Fsp3) is 0.857. The van der Waals surface area contributed by atoms with E-state index in [4.69, 9.17) is 9.47 Å². The summed E-state index contributed by atoms with van der Waals surface area (Å²) in [4.78, 5) is 36.5.